The molecule has 4 nitrogen and oxygen atoms in total. The quantitative estimate of drug-likeness (QED) is 0.807. The second-order valence-corrected chi connectivity index (χ2v) is 6.91. The van der Waals surface area contributed by atoms with E-state index in [0.717, 1.165) is 18.9 Å². The van der Waals surface area contributed by atoms with E-state index in [4.69, 9.17) is 4.74 Å². The fourth-order valence-electron chi connectivity index (χ4n) is 2.48. The molecule has 0 aromatic carbocycles. The van der Waals surface area contributed by atoms with Gasteiger partial charge in [-0.2, -0.15) is 0 Å². The van der Waals surface area contributed by atoms with Crippen molar-refractivity contribution in [1.29, 1.82) is 0 Å². The Morgan fingerprint density at radius 1 is 1.37 bits per heavy atom. The second kappa shape index (κ2) is 7.13. The summed E-state index contributed by atoms with van der Waals surface area (Å²) in [5, 5.41) is 6.44. The molecule has 0 aliphatic heterocycles. The van der Waals surface area contributed by atoms with Crippen molar-refractivity contribution in [3.63, 3.8) is 0 Å². The molecule has 19 heavy (non-hydrogen) atoms. The molecule has 0 heterocycles. The highest BCUT2D eigenvalue weighted by atomic mass is 16.6. The maximum Gasteiger partial charge on any atom is 0.407 e. The maximum absolute atomic E-state index is 11.6. The lowest BCUT2D eigenvalue weighted by Crippen LogP contribution is -2.39. The average Bonchev–Trinajstić information content (AvgIpc) is 2.60. The van der Waals surface area contributed by atoms with Crippen LogP contribution in [0.5, 0.6) is 0 Å². The van der Waals surface area contributed by atoms with Crippen molar-refractivity contribution in [1.82, 2.24) is 10.6 Å². The molecular formula is C15H30N2O2. The predicted octanol–water partition coefficient (Wildman–Crippen LogP) is 3.07. The van der Waals surface area contributed by atoms with Crippen molar-refractivity contribution < 1.29 is 9.53 Å². The highest BCUT2D eigenvalue weighted by molar-refractivity contribution is 5.67. The summed E-state index contributed by atoms with van der Waals surface area (Å²) >= 11 is 0. The molecular weight excluding hydrogens is 240 g/mol. The molecule has 1 aliphatic carbocycles. The zero-order valence-corrected chi connectivity index (χ0v) is 13.1. The summed E-state index contributed by atoms with van der Waals surface area (Å²) in [5.74, 6) is 0.856. The van der Waals surface area contributed by atoms with Gasteiger partial charge in [0.1, 0.15) is 5.60 Å². The third-order valence-corrected chi connectivity index (χ3v) is 3.47. The Bertz CT molecular complexity index is 286. The van der Waals surface area contributed by atoms with Gasteiger partial charge in [-0.25, -0.2) is 4.79 Å². The van der Waals surface area contributed by atoms with Crippen molar-refractivity contribution in [3.8, 4) is 0 Å². The highest BCUT2D eigenvalue weighted by Crippen LogP contribution is 2.24. The summed E-state index contributed by atoms with van der Waals surface area (Å²) in [5.41, 5.74) is -0.429. The number of carbonyl (C=O) groups is 1. The molecule has 2 N–H and O–H groups in total. The zero-order valence-electron chi connectivity index (χ0n) is 13.1. The van der Waals surface area contributed by atoms with E-state index >= 15 is 0 Å². The van der Waals surface area contributed by atoms with Gasteiger partial charge in [0, 0.05) is 12.1 Å². The molecule has 0 aromatic rings. The first-order valence-electron chi connectivity index (χ1n) is 7.49. The molecule has 1 rings (SSSR count). The van der Waals surface area contributed by atoms with Crippen LogP contribution in [-0.2, 0) is 4.74 Å². The fraction of sp³-hybridized carbons (Fsp3) is 0.933. The van der Waals surface area contributed by atoms with Crippen LogP contribution in [0.15, 0.2) is 0 Å². The van der Waals surface area contributed by atoms with Gasteiger partial charge >= 0.3 is 6.09 Å². The van der Waals surface area contributed by atoms with Gasteiger partial charge in [0.15, 0.2) is 0 Å². The second-order valence-electron chi connectivity index (χ2n) is 6.91. The Labute approximate surface area is 117 Å². The Morgan fingerprint density at radius 3 is 2.58 bits per heavy atom. The number of hydrogen-bond acceptors (Lipinski definition) is 3. The first-order chi connectivity index (χ1) is 8.76. The van der Waals surface area contributed by atoms with Gasteiger partial charge in [0.05, 0.1) is 0 Å². The monoisotopic (exact) mass is 270 g/mol. The summed E-state index contributed by atoms with van der Waals surface area (Å²) in [7, 11) is 0. The van der Waals surface area contributed by atoms with Crippen molar-refractivity contribution in [2.75, 3.05) is 6.54 Å². The molecule has 1 saturated carbocycles. The van der Waals surface area contributed by atoms with Gasteiger partial charge in [0.2, 0.25) is 0 Å². The first-order valence-corrected chi connectivity index (χ1v) is 7.49. The molecule has 0 aromatic heterocycles. The molecule has 112 valence electrons. The predicted molar refractivity (Wildman–Crippen MR) is 78.3 cm³/mol. The number of carbonyl (C=O) groups excluding carboxylic acids is 1. The number of nitrogens with one attached hydrogen (secondary N) is 2. The van der Waals surface area contributed by atoms with Crippen LogP contribution >= 0.6 is 0 Å². The van der Waals surface area contributed by atoms with Crippen LogP contribution in [0.1, 0.15) is 60.3 Å². The highest BCUT2D eigenvalue weighted by Gasteiger charge is 2.21. The van der Waals surface area contributed by atoms with E-state index in [9.17, 15) is 4.79 Å². The Kier molecular flexibility index (Phi) is 6.11. The zero-order chi connectivity index (χ0) is 14.5. The lowest BCUT2D eigenvalue weighted by atomic mass is 10.1. The van der Waals surface area contributed by atoms with Gasteiger partial charge in [0.25, 0.3) is 0 Å². The van der Waals surface area contributed by atoms with Gasteiger partial charge < -0.3 is 15.4 Å². The van der Waals surface area contributed by atoms with E-state index in [0.29, 0.717) is 6.04 Å². The van der Waals surface area contributed by atoms with E-state index in [1.807, 2.05) is 27.7 Å². The smallest absolute Gasteiger partial charge is 0.407 e. The van der Waals surface area contributed by atoms with Crippen LogP contribution in [0, 0.1) is 5.92 Å². The van der Waals surface area contributed by atoms with Crippen LogP contribution in [-0.4, -0.2) is 30.3 Å². The van der Waals surface area contributed by atoms with Crippen LogP contribution < -0.4 is 10.6 Å². The van der Waals surface area contributed by atoms with Gasteiger partial charge in [-0.15, -0.1) is 0 Å². The van der Waals surface area contributed by atoms with Crippen LogP contribution in [0.3, 0.4) is 0 Å². The SMILES string of the molecule is CC1CCC(NCCC(C)NC(=O)OC(C)(C)C)C1. The first kappa shape index (κ1) is 16.3. The van der Waals surface area contributed by atoms with Crippen molar-refractivity contribution in [2.45, 2.75) is 78.0 Å². The molecule has 0 radical (unpaired) electrons. The topological polar surface area (TPSA) is 50.4 Å². The number of hydrogen-bond donors (Lipinski definition) is 2. The Hall–Kier alpha value is -0.770. The molecule has 0 bridgehead atoms. The van der Waals surface area contributed by atoms with Crippen LogP contribution in [0.25, 0.3) is 0 Å². The summed E-state index contributed by atoms with van der Waals surface area (Å²) in [6, 6.07) is 0.810. The number of rotatable bonds is 5. The molecule has 0 spiro atoms. The molecule has 3 atom stereocenters. The van der Waals surface area contributed by atoms with E-state index < -0.39 is 5.60 Å². The van der Waals surface area contributed by atoms with Crippen molar-refractivity contribution in [2.24, 2.45) is 5.92 Å². The Morgan fingerprint density at radius 2 is 2.05 bits per heavy atom. The van der Waals surface area contributed by atoms with E-state index in [1.165, 1.54) is 19.3 Å². The lowest BCUT2D eigenvalue weighted by molar-refractivity contribution is 0.0506. The fourth-order valence-corrected chi connectivity index (χ4v) is 2.48. The minimum Gasteiger partial charge on any atom is -0.444 e. The van der Waals surface area contributed by atoms with Crippen molar-refractivity contribution in [3.05, 3.63) is 0 Å². The third-order valence-electron chi connectivity index (χ3n) is 3.47. The summed E-state index contributed by atoms with van der Waals surface area (Å²) in [4.78, 5) is 11.6. The third kappa shape index (κ3) is 7.41. The summed E-state index contributed by atoms with van der Waals surface area (Å²) in [6.45, 7) is 10.9. The molecule has 4 heteroatoms. The van der Waals surface area contributed by atoms with Crippen LogP contribution in [0.2, 0.25) is 0 Å². The maximum atomic E-state index is 11.6. The molecule has 3 unspecified atom stereocenters. The number of alkyl carbamates (subject to hydrolysis) is 1. The minimum absolute atomic E-state index is 0.140. The van der Waals surface area contributed by atoms with Gasteiger partial charge in [-0.1, -0.05) is 6.92 Å². The molecule has 1 fully saturated rings. The van der Waals surface area contributed by atoms with E-state index in [2.05, 4.69) is 17.6 Å². The number of amides is 1. The van der Waals surface area contributed by atoms with Gasteiger partial charge in [-0.3, -0.25) is 0 Å². The Balaban J connectivity index is 2.10. The van der Waals surface area contributed by atoms with Gasteiger partial charge in [-0.05, 0) is 65.8 Å². The molecule has 0 saturated heterocycles. The average molecular weight is 270 g/mol. The summed E-state index contributed by atoms with van der Waals surface area (Å²) < 4.78 is 5.23. The largest absolute Gasteiger partial charge is 0.444 e. The van der Waals surface area contributed by atoms with E-state index in [1.54, 1.807) is 0 Å². The standard InChI is InChI=1S/C15H30N2O2/c1-11-6-7-13(10-11)16-9-8-12(2)17-14(18)19-15(3,4)5/h11-13,16H,6-10H2,1-5H3,(H,17,18). The number of ether oxygens (including phenoxy) is 1. The molecule has 1 amide bonds. The summed E-state index contributed by atoms with van der Waals surface area (Å²) in [6.07, 6.45) is 4.52. The van der Waals surface area contributed by atoms with Crippen molar-refractivity contribution >= 4 is 6.09 Å². The lowest BCUT2D eigenvalue weighted by Gasteiger charge is -2.22. The van der Waals surface area contributed by atoms with Crippen LogP contribution in [0.4, 0.5) is 4.79 Å². The van der Waals surface area contributed by atoms with E-state index in [-0.39, 0.29) is 12.1 Å². The molecule has 1 aliphatic rings. The normalized spacial score (nSPS) is 25.1. The minimum atomic E-state index is -0.429.